The molecule has 0 aliphatic carbocycles. The number of anilines is 3. The number of hydrogen-bond donors (Lipinski definition) is 3. The van der Waals surface area contributed by atoms with Crippen molar-refractivity contribution in [1.29, 1.82) is 0 Å². The molecule has 9 heteroatoms. The zero-order valence-electron chi connectivity index (χ0n) is 17.7. The van der Waals surface area contributed by atoms with Crippen LogP contribution < -0.4 is 15.4 Å². The first-order valence-corrected chi connectivity index (χ1v) is 11.6. The van der Waals surface area contributed by atoms with Gasteiger partial charge in [0.15, 0.2) is 0 Å². The van der Waals surface area contributed by atoms with E-state index in [2.05, 4.69) is 15.4 Å². The Bertz CT molecular complexity index is 1270. The molecular formula is C23H23ClFN3O3S. The predicted molar refractivity (Wildman–Crippen MR) is 126 cm³/mol. The lowest BCUT2D eigenvalue weighted by atomic mass is 10.1. The molecule has 3 aromatic carbocycles. The van der Waals surface area contributed by atoms with Crippen LogP contribution in [0.5, 0.6) is 0 Å². The van der Waals surface area contributed by atoms with Gasteiger partial charge < -0.3 is 10.6 Å². The van der Waals surface area contributed by atoms with E-state index in [1.807, 2.05) is 13.8 Å². The Morgan fingerprint density at radius 1 is 0.969 bits per heavy atom. The topological polar surface area (TPSA) is 87.3 Å². The highest BCUT2D eigenvalue weighted by molar-refractivity contribution is 7.92. The van der Waals surface area contributed by atoms with Crippen LogP contribution in [0.25, 0.3) is 0 Å². The van der Waals surface area contributed by atoms with E-state index in [0.717, 1.165) is 17.2 Å². The summed E-state index contributed by atoms with van der Waals surface area (Å²) in [6.45, 7) is 5.40. The lowest BCUT2D eigenvalue weighted by Crippen LogP contribution is -2.32. The summed E-state index contributed by atoms with van der Waals surface area (Å²) in [5.41, 5.74) is 3.07. The second-order valence-electron chi connectivity index (χ2n) is 7.41. The van der Waals surface area contributed by atoms with Crippen molar-refractivity contribution in [1.82, 2.24) is 0 Å². The quantitative estimate of drug-likeness (QED) is 0.430. The van der Waals surface area contributed by atoms with Gasteiger partial charge in [-0.15, -0.1) is 0 Å². The second-order valence-corrected chi connectivity index (χ2v) is 9.50. The van der Waals surface area contributed by atoms with Crippen molar-refractivity contribution in [3.05, 3.63) is 82.6 Å². The smallest absolute Gasteiger partial charge is 0.261 e. The lowest BCUT2D eigenvalue weighted by molar-refractivity contribution is -0.116. The molecule has 0 aliphatic heterocycles. The maximum absolute atomic E-state index is 13.2. The number of benzene rings is 3. The van der Waals surface area contributed by atoms with Gasteiger partial charge in [-0.25, -0.2) is 12.8 Å². The van der Waals surface area contributed by atoms with Crippen molar-refractivity contribution >= 4 is 44.6 Å². The first-order valence-electron chi connectivity index (χ1n) is 9.78. The summed E-state index contributed by atoms with van der Waals surface area (Å²) in [4.78, 5) is 12.6. The molecule has 32 heavy (non-hydrogen) atoms. The monoisotopic (exact) mass is 475 g/mol. The van der Waals surface area contributed by atoms with Gasteiger partial charge in [0.2, 0.25) is 5.91 Å². The summed E-state index contributed by atoms with van der Waals surface area (Å²) in [5.74, 6) is -0.890. The van der Waals surface area contributed by atoms with Crippen LogP contribution in [0, 0.1) is 19.7 Å². The Hall–Kier alpha value is -3.10. The number of carbonyl (C=O) groups is 1. The number of rotatable bonds is 7. The van der Waals surface area contributed by atoms with Crippen LogP contribution in [-0.2, 0) is 14.8 Å². The molecule has 0 fully saturated rings. The largest absolute Gasteiger partial charge is 0.374 e. The molecule has 168 valence electrons. The molecule has 0 saturated heterocycles. The van der Waals surface area contributed by atoms with Crippen molar-refractivity contribution in [3.63, 3.8) is 0 Å². The third-order valence-electron chi connectivity index (χ3n) is 4.87. The van der Waals surface area contributed by atoms with E-state index < -0.39 is 21.9 Å². The summed E-state index contributed by atoms with van der Waals surface area (Å²) >= 11 is 5.95. The maximum atomic E-state index is 13.2. The number of aryl methyl sites for hydroxylation is 2. The van der Waals surface area contributed by atoms with E-state index in [-0.39, 0.29) is 15.8 Å². The van der Waals surface area contributed by atoms with Gasteiger partial charge in [-0.1, -0.05) is 23.7 Å². The Kier molecular flexibility index (Phi) is 7.06. The summed E-state index contributed by atoms with van der Waals surface area (Å²) in [5, 5.41) is 5.73. The minimum absolute atomic E-state index is 0.0910. The van der Waals surface area contributed by atoms with Gasteiger partial charge in [-0.3, -0.25) is 9.52 Å². The van der Waals surface area contributed by atoms with E-state index in [9.17, 15) is 17.6 Å². The van der Waals surface area contributed by atoms with Crippen LogP contribution in [-0.4, -0.2) is 20.4 Å². The van der Waals surface area contributed by atoms with Gasteiger partial charge in [0.1, 0.15) is 11.9 Å². The van der Waals surface area contributed by atoms with Gasteiger partial charge in [0.25, 0.3) is 10.0 Å². The number of hydrogen-bond acceptors (Lipinski definition) is 4. The number of carbonyl (C=O) groups excluding carboxylic acids is 1. The molecule has 0 aromatic heterocycles. The summed E-state index contributed by atoms with van der Waals surface area (Å²) in [7, 11) is -3.77. The normalized spacial score (nSPS) is 12.2. The van der Waals surface area contributed by atoms with E-state index in [1.54, 1.807) is 49.4 Å². The number of sulfonamides is 1. The third kappa shape index (κ3) is 5.77. The van der Waals surface area contributed by atoms with Crippen LogP contribution in [0.1, 0.15) is 18.1 Å². The molecule has 0 spiro atoms. The fourth-order valence-electron chi connectivity index (χ4n) is 2.91. The molecule has 1 unspecified atom stereocenters. The van der Waals surface area contributed by atoms with Crippen molar-refractivity contribution in [2.75, 3.05) is 15.4 Å². The Labute approximate surface area is 191 Å². The maximum Gasteiger partial charge on any atom is 0.261 e. The minimum Gasteiger partial charge on any atom is -0.374 e. The average molecular weight is 476 g/mol. The highest BCUT2D eigenvalue weighted by Gasteiger charge is 2.17. The molecule has 0 radical (unpaired) electrons. The molecular weight excluding hydrogens is 453 g/mol. The molecule has 0 heterocycles. The van der Waals surface area contributed by atoms with Crippen LogP contribution in [0.3, 0.4) is 0 Å². The van der Waals surface area contributed by atoms with E-state index in [4.69, 9.17) is 11.6 Å². The van der Waals surface area contributed by atoms with E-state index in [0.29, 0.717) is 17.1 Å². The van der Waals surface area contributed by atoms with Gasteiger partial charge in [0.05, 0.1) is 21.3 Å². The van der Waals surface area contributed by atoms with E-state index in [1.165, 1.54) is 12.1 Å². The van der Waals surface area contributed by atoms with Crippen LogP contribution in [0.2, 0.25) is 5.02 Å². The third-order valence-corrected chi connectivity index (χ3v) is 6.56. The molecule has 1 atom stereocenters. The Morgan fingerprint density at radius 2 is 1.69 bits per heavy atom. The van der Waals surface area contributed by atoms with Gasteiger partial charge in [-0.05, 0) is 80.4 Å². The van der Waals surface area contributed by atoms with Crippen molar-refractivity contribution in [2.45, 2.75) is 31.7 Å². The first-order chi connectivity index (χ1) is 15.0. The second kappa shape index (κ2) is 9.58. The van der Waals surface area contributed by atoms with Crippen LogP contribution in [0.15, 0.2) is 65.6 Å². The zero-order valence-corrected chi connectivity index (χ0v) is 19.3. The summed E-state index contributed by atoms with van der Waals surface area (Å²) < 4.78 is 41.2. The fourth-order valence-corrected chi connectivity index (χ4v) is 4.26. The SMILES string of the molecule is Cc1ccc(S(=O)(=O)Nc2cccc(NC(C)C(=O)Nc3ccc(F)cc3Cl)c2)cc1C. The molecule has 0 bridgehead atoms. The number of nitrogens with one attached hydrogen (secondary N) is 3. The van der Waals surface area contributed by atoms with Gasteiger partial charge in [0, 0.05) is 5.69 Å². The highest BCUT2D eigenvalue weighted by atomic mass is 35.5. The first kappa shape index (κ1) is 23.6. The van der Waals surface area contributed by atoms with Crippen LogP contribution >= 0.6 is 11.6 Å². The number of halogens is 2. The molecule has 3 rings (SSSR count). The zero-order chi connectivity index (χ0) is 23.5. The Balaban J connectivity index is 1.70. The molecule has 3 aromatic rings. The van der Waals surface area contributed by atoms with Crippen molar-refractivity contribution in [3.8, 4) is 0 Å². The van der Waals surface area contributed by atoms with Crippen molar-refractivity contribution in [2.24, 2.45) is 0 Å². The van der Waals surface area contributed by atoms with Gasteiger partial charge >= 0.3 is 0 Å². The van der Waals surface area contributed by atoms with E-state index >= 15 is 0 Å². The van der Waals surface area contributed by atoms with Crippen molar-refractivity contribution < 1.29 is 17.6 Å². The molecule has 1 amide bonds. The fraction of sp³-hybridized carbons (Fsp3) is 0.174. The molecule has 0 aliphatic rings. The highest BCUT2D eigenvalue weighted by Crippen LogP contribution is 2.24. The summed E-state index contributed by atoms with van der Waals surface area (Å²) in [6.07, 6.45) is 0. The number of amides is 1. The Morgan fingerprint density at radius 3 is 2.38 bits per heavy atom. The minimum atomic E-state index is -3.77. The lowest BCUT2D eigenvalue weighted by Gasteiger charge is -2.17. The van der Waals surface area contributed by atoms with Crippen LogP contribution in [0.4, 0.5) is 21.5 Å². The average Bonchev–Trinajstić information content (AvgIpc) is 2.71. The predicted octanol–water partition coefficient (Wildman–Crippen LogP) is 5.34. The standard InChI is InChI=1S/C23H23ClFN3O3S/c1-14-7-9-20(11-15(14)2)32(30,31)28-19-6-4-5-18(13-19)26-16(3)23(29)27-22-10-8-17(25)12-21(22)24/h4-13,16,26,28H,1-3H3,(H,27,29). The van der Waals surface area contributed by atoms with Gasteiger partial charge in [-0.2, -0.15) is 0 Å². The molecule has 0 saturated carbocycles. The molecule has 3 N–H and O–H groups in total. The molecule has 6 nitrogen and oxygen atoms in total. The summed E-state index contributed by atoms with van der Waals surface area (Å²) in [6, 6.07) is 14.5.